The van der Waals surface area contributed by atoms with Crippen molar-refractivity contribution in [1.82, 2.24) is 20.3 Å². The van der Waals surface area contributed by atoms with Crippen LogP contribution in [0.5, 0.6) is 5.75 Å². The first-order valence-electron chi connectivity index (χ1n) is 7.58. The van der Waals surface area contributed by atoms with E-state index in [2.05, 4.69) is 20.3 Å². The Morgan fingerprint density at radius 1 is 1.16 bits per heavy atom. The minimum Gasteiger partial charge on any atom is -0.497 e. The summed E-state index contributed by atoms with van der Waals surface area (Å²) < 4.78 is 5.11. The van der Waals surface area contributed by atoms with Crippen molar-refractivity contribution in [1.29, 1.82) is 0 Å². The summed E-state index contributed by atoms with van der Waals surface area (Å²) in [4.78, 5) is 34.4. The van der Waals surface area contributed by atoms with Crippen molar-refractivity contribution in [3.05, 3.63) is 76.6 Å². The highest BCUT2D eigenvalue weighted by atomic mass is 16.5. The largest absolute Gasteiger partial charge is 0.497 e. The number of hydrogen-bond donors (Lipinski definition) is 2. The van der Waals surface area contributed by atoms with Gasteiger partial charge >= 0.3 is 5.69 Å². The monoisotopic (exact) mass is 336 g/mol. The maximum absolute atomic E-state index is 12.3. The van der Waals surface area contributed by atoms with Crippen LogP contribution in [0.1, 0.15) is 16.1 Å². The maximum atomic E-state index is 12.3. The normalized spacial score (nSPS) is 10.3. The van der Waals surface area contributed by atoms with Gasteiger partial charge in [0.15, 0.2) is 0 Å². The number of aromatic nitrogens is 3. The summed E-state index contributed by atoms with van der Waals surface area (Å²) in [5.41, 5.74) is 1.62. The van der Waals surface area contributed by atoms with Crippen LogP contribution in [0.15, 0.2) is 59.7 Å². The Bertz CT molecular complexity index is 921. The molecule has 0 aliphatic rings. The topological polar surface area (TPSA) is 97.0 Å². The summed E-state index contributed by atoms with van der Waals surface area (Å²) in [6, 6.07) is 12.2. The van der Waals surface area contributed by atoms with Gasteiger partial charge in [-0.1, -0.05) is 0 Å². The minimum absolute atomic E-state index is 0.153. The highest BCUT2D eigenvalue weighted by Gasteiger charge is 2.10. The molecule has 3 rings (SSSR count). The van der Waals surface area contributed by atoms with Crippen LogP contribution in [0.4, 0.5) is 0 Å². The lowest BCUT2D eigenvalue weighted by atomic mass is 10.1. The molecule has 2 N–H and O–H groups in total. The lowest BCUT2D eigenvalue weighted by Gasteiger charge is -2.07. The fourth-order valence-electron chi connectivity index (χ4n) is 2.27. The number of methoxy groups -OCH3 is 1. The zero-order valence-electron chi connectivity index (χ0n) is 13.5. The van der Waals surface area contributed by atoms with Crippen LogP contribution in [0.3, 0.4) is 0 Å². The number of rotatable bonds is 5. The average Bonchev–Trinajstić information content (AvgIpc) is 2.66. The Morgan fingerprint density at radius 3 is 2.56 bits per heavy atom. The van der Waals surface area contributed by atoms with Crippen molar-refractivity contribution in [3.8, 4) is 17.0 Å². The van der Waals surface area contributed by atoms with E-state index >= 15 is 0 Å². The Labute approximate surface area is 143 Å². The minimum atomic E-state index is -0.581. The fraction of sp³-hybridized carbons (Fsp3) is 0.111. The van der Waals surface area contributed by atoms with Gasteiger partial charge in [0.2, 0.25) is 0 Å². The average molecular weight is 336 g/mol. The third-order valence-electron chi connectivity index (χ3n) is 3.58. The lowest BCUT2D eigenvalue weighted by molar-refractivity contribution is 0.0945. The van der Waals surface area contributed by atoms with Gasteiger partial charge < -0.3 is 15.0 Å². The first-order valence-corrected chi connectivity index (χ1v) is 7.58. The van der Waals surface area contributed by atoms with Crippen LogP contribution >= 0.6 is 0 Å². The molecule has 2 heterocycles. The molecule has 1 aromatic carbocycles. The van der Waals surface area contributed by atoms with Crippen LogP contribution in [0.25, 0.3) is 11.3 Å². The van der Waals surface area contributed by atoms with Gasteiger partial charge in [0.25, 0.3) is 5.91 Å². The van der Waals surface area contributed by atoms with Gasteiger partial charge in [-0.15, -0.1) is 0 Å². The quantitative estimate of drug-likeness (QED) is 0.740. The van der Waals surface area contributed by atoms with Crippen LogP contribution in [0, 0.1) is 0 Å². The zero-order valence-corrected chi connectivity index (χ0v) is 13.5. The van der Waals surface area contributed by atoms with Crippen molar-refractivity contribution in [2.24, 2.45) is 0 Å². The number of benzene rings is 1. The highest BCUT2D eigenvalue weighted by Crippen LogP contribution is 2.20. The number of H-pyrrole nitrogens is 1. The van der Waals surface area contributed by atoms with E-state index in [4.69, 9.17) is 4.74 Å². The van der Waals surface area contributed by atoms with E-state index in [1.54, 1.807) is 62.0 Å². The number of carbonyl (C=O) groups excluding carboxylic acids is 1. The van der Waals surface area contributed by atoms with Crippen LogP contribution in [-0.2, 0) is 6.54 Å². The van der Waals surface area contributed by atoms with Crippen molar-refractivity contribution in [2.45, 2.75) is 6.54 Å². The molecule has 0 saturated heterocycles. The zero-order chi connectivity index (χ0) is 17.6. The molecule has 0 fully saturated rings. The number of hydrogen-bond acceptors (Lipinski definition) is 5. The van der Waals surface area contributed by atoms with Crippen molar-refractivity contribution in [3.63, 3.8) is 0 Å². The molecular weight excluding hydrogens is 320 g/mol. The van der Waals surface area contributed by atoms with E-state index in [9.17, 15) is 9.59 Å². The number of ether oxygens (including phenoxy) is 1. The molecule has 0 atom stereocenters. The van der Waals surface area contributed by atoms with Crippen molar-refractivity contribution in [2.75, 3.05) is 7.11 Å². The predicted octanol–water partition coefficient (Wildman–Crippen LogP) is 1.77. The molecule has 0 spiro atoms. The number of carbonyl (C=O) groups is 1. The number of nitrogens with zero attached hydrogens (tertiary/aromatic N) is 2. The number of pyridine rings is 1. The molecule has 0 radical (unpaired) electrons. The standard InChI is InChI=1S/C18H16N4O3/c1-25-14-4-2-13(3-5-14)15-10-16(22-18(24)21-15)17(23)20-11-12-6-8-19-9-7-12/h2-10H,11H2,1H3,(H,20,23)(H,21,22,24). The molecule has 3 aromatic rings. The molecule has 1 amide bonds. The summed E-state index contributed by atoms with van der Waals surface area (Å²) in [7, 11) is 1.58. The van der Waals surface area contributed by atoms with E-state index in [-0.39, 0.29) is 11.6 Å². The third-order valence-corrected chi connectivity index (χ3v) is 3.58. The fourth-order valence-corrected chi connectivity index (χ4v) is 2.27. The summed E-state index contributed by atoms with van der Waals surface area (Å²) in [6.45, 7) is 0.337. The molecule has 0 aliphatic carbocycles. The molecule has 126 valence electrons. The van der Waals surface area contributed by atoms with E-state index in [0.717, 1.165) is 11.1 Å². The molecule has 0 unspecified atom stereocenters. The molecule has 0 bridgehead atoms. The lowest BCUT2D eigenvalue weighted by Crippen LogP contribution is -2.27. The second-order valence-corrected chi connectivity index (χ2v) is 5.25. The molecule has 7 heteroatoms. The Balaban J connectivity index is 1.80. The van der Waals surface area contributed by atoms with Crippen LogP contribution in [0.2, 0.25) is 0 Å². The van der Waals surface area contributed by atoms with E-state index < -0.39 is 5.69 Å². The Morgan fingerprint density at radius 2 is 1.88 bits per heavy atom. The van der Waals surface area contributed by atoms with Crippen LogP contribution in [-0.4, -0.2) is 28.0 Å². The molecule has 7 nitrogen and oxygen atoms in total. The predicted molar refractivity (Wildman–Crippen MR) is 92.3 cm³/mol. The highest BCUT2D eigenvalue weighted by molar-refractivity contribution is 5.93. The van der Waals surface area contributed by atoms with E-state index in [0.29, 0.717) is 18.0 Å². The van der Waals surface area contributed by atoms with Crippen molar-refractivity contribution >= 4 is 5.91 Å². The van der Waals surface area contributed by atoms with Gasteiger partial charge in [-0.3, -0.25) is 9.78 Å². The molecule has 0 aliphatic heterocycles. The molecule has 2 aromatic heterocycles. The van der Waals surface area contributed by atoms with Gasteiger partial charge in [0, 0.05) is 24.5 Å². The summed E-state index contributed by atoms with van der Waals surface area (Å²) in [5.74, 6) is 0.315. The summed E-state index contributed by atoms with van der Waals surface area (Å²) in [6.07, 6.45) is 3.30. The number of nitrogens with one attached hydrogen (secondary N) is 2. The van der Waals surface area contributed by atoms with Gasteiger partial charge in [0.05, 0.1) is 12.8 Å². The third kappa shape index (κ3) is 4.08. The smallest absolute Gasteiger partial charge is 0.346 e. The molecular formula is C18H16N4O3. The maximum Gasteiger partial charge on any atom is 0.346 e. The number of amides is 1. The summed E-state index contributed by atoms with van der Waals surface area (Å²) in [5, 5.41) is 2.75. The van der Waals surface area contributed by atoms with Gasteiger partial charge in [0.1, 0.15) is 11.4 Å². The number of aromatic amines is 1. The van der Waals surface area contributed by atoms with E-state index in [1.165, 1.54) is 0 Å². The second kappa shape index (κ2) is 7.39. The van der Waals surface area contributed by atoms with Gasteiger partial charge in [-0.2, -0.15) is 4.98 Å². The van der Waals surface area contributed by atoms with Gasteiger partial charge in [-0.25, -0.2) is 4.79 Å². The van der Waals surface area contributed by atoms with Crippen molar-refractivity contribution < 1.29 is 9.53 Å². The Kier molecular flexibility index (Phi) is 4.84. The van der Waals surface area contributed by atoms with Crippen LogP contribution < -0.4 is 15.7 Å². The first kappa shape index (κ1) is 16.4. The first-order chi connectivity index (χ1) is 12.2. The second-order valence-electron chi connectivity index (χ2n) is 5.25. The molecule has 25 heavy (non-hydrogen) atoms. The SMILES string of the molecule is COc1ccc(-c2cc(C(=O)NCc3ccncc3)[nH]c(=O)n2)cc1. The Hall–Kier alpha value is -3.48. The van der Waals surface area contributed by atoms with Gasteiger partial charge in [-0.05, 0) is 48.0 Å². The van der Waals surface area contributed by atoms with E-state index in [1.807, 2.05) is 0 Å². The summed E-state index contributed by atoms with van der Waals surface area (Å²) >= 11 is 0. The molecule has 0 saturated carbocycles.